The third-order valence-corrected chi connectivity index (χ3v) is 3.82. The van der Waals surface area contributed by atoms with Crippen LogP contribution in [-0.4, -0.2) is 21.6 Å². The van der Waals surface area contributed by atoms with Crippen LogP contribution < -0.4 is 0 Å². The van der Waals surface area contributed by atoms with Crippen molar-refractivity contribution < 1.29 is 0 Å². The van der Waals surface area contributed by atoms with Crippen molar-refractivity contribution in [1.29, 1.82) is 0 Å². The SMILES string of the molecule is C=C(C)N1CC(C)(C)SC1CC. The number of thioether (sulfide) groups is 1. The third-order valence-electron chi connectivity index (χ3n) is 2.19. The normalized spacial score (nSPS) is 27.7. The summed E-state index contributed by atoms with van der Waals surface area (Å²) in [5, 5.41) is 0.650. The quantitative estimate of drug-likeness (QED) is 0.650. The molecular formula is C10H19NS. The third kappa shape index (κ3) is 1.98. The van der Waals surface area contributed by atoms with Crippen molar-refractivity contribution in [2.24, 2.45) is 0 Å². The van der Waals surface area contributed by atoms with E-state index < -0.39 is 0 Å². The second kappa shape index (κ2) is 3.33. The molecule has 1 saturated heterocycles. The van der Waals surface area contributed by atoms with Crippen molar-refractivity contribution in [3.63, 3.8) is 0 Å². The molecule has 70 valence electrons. The van der Waals surface area contributed by atoms with E-state index in [-0.39, 0.29) is 0 Å². The monoisotopic (exact) mass is 185 g/mol. The second-order valence-corrected chi connectivity index (χ2v) is 5.99. The van der Waals surface area contributed by atoms with E-state index >= 15 is 0 Å². The first-order valence-electron chi connectivity index (χ1n) is 4.56. The molecule has 0 aromatic carbocycles. The first-order valence-corrected chi connectivity index (χ1v) is 5.44. The Morgan fingerprint density at radius 2 is 2.25 bits per heavy atom. The largest absolute Gasteiger partial charge is 0.362 e. The molecule has 1 fully saturated rings. The standard InChI is InChI=1S/C10H19NS/c1-6-9-11(8(2)3)7-10(4,5)12-9/h9H,2,6-7H2,1,3-5H3. The molecule has 1 atom stereocenters. The van der Waals surface area contributed by atoms with Gasteiger partial charge in [0.25, 0.3) is 0 Å². The molecule has 0 saturated carbocycles. The topological polar surface area (TPSA) is 3.24 Å². The minimum absolute atomic E-state index is 0.402. The van der Waals surface area contributed by atoms with Crippen LogP contribution in [0.25, 0.3) is 0 Å². The van der Waals surface area contributed by atoms with Gasteiger partial charge in [0.1, 0.15) is 0 Å². The van der Waals surface area contributed by atoms with Crippen LogP contribution in [0.2, 0.25) is 0 Å². The Balaban J connectivity index is 2.69. The molecule has 0 amide bonds. The van der Waals surface area contributed by atoms with E-state index in [4.69, 9.17) is 0 Å². The molecule has 2 heteroatoms. The fraction of sp³-hybridized carbons (Fsp3) is 0.800. The fourth-order valence-electron chi connectivity index (χ4n) is 1.67. The van der Waals surface area contributed by atoms with Gasteiger partial charge in [0, 0.05) is 17.0 Å². The maximum atomic E-state index is 4.01. The first-order chi connectivity index (χ1) is 5.46. The van der Waals surface area contributed by atoms with Crippen LogP contribution in [0, 0.1) is 0 Å². The highest BCUT2D eigenvalue weighted by Crippen LogP contribution is 2.41. The molecule has 1 unspecified atom stereocenters. The number of hydrogen-bond acceptors (Lipinski definition) is 2. The van der Waals surface area contributed by atoms with Gasteiger partial charge >= 0.3 is 0 Å². The molecule has 1 heterocycles. The highest BCUT2D eigenvalue weighted by molar-refractivity contribution is 8.01. The Morgan fingerprint density at radius 3 is 2.58 bits per heavy atom. The van der Waals surface area contributed by atoms with Gasteiger partial charge in [-0.1, -0.05) is 13.5 Å². The predicted molar refractivity (Wildman–Crippen MR) is 57.3 cm³/mol. The van der Waals surface area contributed by atoms with Crippen LogP contribution in [0.15, 0.2) is 12.3 Å². The van der Waals surface area contributed by atoms with Crippen molar-refractivity contribution in [2.45, 2.75) is 44.2 Å². The van der Waals surface area contributed by atoms with E-state index in [2.05, 4.69) is 50.9 Å². The van der Waals surface area contributed by atoms with E-state index in [9.17, 15) is 0 Å². The summed E-state index contributed by atoms with van der Waals surface area (Å²) in [5.74, 6) is 0. The van der Waals surface area contributed by atoms with Gasteiger partial charge in [0.15, 0.2) is 0 Å². The average molecular weight is 185 g/mol. The predicted octanol–water partition coefficient (Wildman–Crippen LogP) is 3.08. The minimum Gasteiger partial charge on any atom is -0.362 e. The average Bonchev–Trinajstić information content (AvgIpc) is 2.25. The summed E-state index contributed by atoms with van der Waals surface area (Å²) in [5.41, 5.74) is 1.21. The molecule has 0 aromatic rings. The van der Waals surface area contributed by atoms with Gasteiger partial charge < -0.3 is 4.90 Å². The molecule has 12 heavy (non-hydrogen) atoms. The Kier molecular flexibility index (Phi) is 2.77. The van der Waals surface area contributed by atoms with Gasteiger partial charge in [0.05, 0.1) is 5.37 Å². The first kappa shape index (κ1) is 9.97. The molecule has 1 nitrogen and oxygen atoms in total. The van der Waals surface area contributed by atoms with Gasteiger partial charge in [-0.15, -0.1) is 11.8 Å². The maximum absolute atomic E-state index is 4.01. The lowest BCUT2D eigenvalue weighted by atomic mass is 10.2. The van der Waals surface area contributed by atoms with Crippen molar-refractivity contribution in [3.8, 4) is 0 Å². The molecule has 0 spiro atoms. The molecule has 0 radical (unpaired) electrons. The lowest BCUT2D eigenvalue weighted by Gasteiger charge is -2.24. The molecule has 0 aliphatic carbocycles. The Labute approximate surface area is 80.2 Å². The van der Waals surface area contributed by atoms with Crippen molar-refractivity contribution in [2.75, 3.05) is 6.54 Å². The van der Waals surface area contributed by atoms with E-state index in [1.165, 1.54) is 12.1 Å². The number of nitrogens with zero attached hydrogens (tertiary/aromatic N) is 1. The Hall–Kier alpha value is -0.110. The molecule has 1 aliphatic heterocycles. The van der Waals surface area contributed by atoms with Crippen LogP contribution >= 0.6 is 11.8 Å². The highest BCUT2D eigenvalue weighted by atomic mass is 32.2. The Morgan fingerprint density at radius 1 is 1.67 bits per heavy atom. The summed E-state index contributed by atoms with van der Waals surface area (Å²) in [6, 6.07) is 0. The second-order valence-electron chi connectivity index (χ2n) is 4.10. The van der Waals surface area contributed by atoms with Gasteiger partial charge in [-0.05, 0) is 27.2 Å². The van der Waals surface area contributed by atoms with E-state index in [0.29, 0.717) is 10.1 Å². The molecule has 0 bridgehead atoms. The zero-order valence-electron chi connectivity index (χ0n) is 8.55. The zero-order chi connectivity index (χ0) is 9.35. The number of allylic oxidation sites excluding steroid dienone is 1. The maximum Gasteiger partial charge on any atom is 0.0751 e. The van der Waals surface area contributed by atoms with Gasteiger partial charge in [-0.2, -0.15) is 0 Å². The number of rotatable bonds is 2. The summed E-state index contributed by atoms with van der Waals surface area (Å²) >= 11 is 2.07. The van der Waals surface area contributed by atoms with Gasteiger partial charge in [-0.25, -0.2) is 0 Å². The minimum atomic E-state index is 0.402. The van der Waals surface area contributed by atoms with Crippen LogP contribution in [0.4, 0.5) is 0 Å². The molecule has 1 rings (SSSR count). The summed E-state index contributed by atoms with van der Waals surface area (Å²) in [6.45, 7) is 14.1. The van der Waals surface area contributed by atoms with Crippen LogP contribution in [0.1, 0.15) is 34.1 Å². The highest BCUT2D eigenvalue weighted by Gasteiger charge is 2.36. The zero-order valence-corrected chi connectivity index (χ0v) is 9.37. The van der Waals surface area contributed by atoms with E-state index in [1.54, 1.807) is 0 Å². The lowest BCUT2D eigenvalue weighted by molar-refractivity contribution is 0.327. The van der Waals surface area contributed by atoms with Crippen molar-refractivity contribution in [1.82, 2.24) is 4.90 Å². The smallest absolute Gasteiger partial charge is 0.0751 e. The van der Waals surface area contributed by atoms with Crippen LogP contribution in [-0.2, 0) is 0 Å². The molecule has 1 aliphatic rings. The summed E-state index contributed by atoms with van der Waals surface area (Å²) in [4.78, 5) is 2.42. The molecular weight excluding hydrogens is 166 g/mol. The molecule has 0 N–H and O–H groups in total. The summed E-state index contributed by atoms with van der Waals surface area (Å²) in [7, 11) is 0. The van der Waals surface area contributed by atoms with Gasteiger partial charge in [-0.3, -0.25) is 0 Å². The van der Waals surface area contributed by atoms with E-state index in [1.807, 2.05) is 0 Å². The van der Waals surface area contributed by atoms with Crippen LogP contribution in [0.5, 0.6) is 0 Å². The number of hydrogen-bond donors (Lipinski definition) is 0. The molecule has 0 aromatic heterocycles. The Bertz CT molecular complexity index is 186. The van der Waals surface area contributed by atoms with E-state index in [0.717, 1.165) is 6.54 Å². The fourth-order valence-corrected chi connectivity index (χ4v) is 3.16. The lowest BCUT2D eigenvalue weighted by Crippen LogP contribution is -2.28. The van der Waals surface area contributed by atoms with Crippen molar-refractivity contribution >= 4 is 11.8 Å². The van der Waals surface area contributed by atoms with Gasteiger partial charge in [0.2, 0.25) is 0 Å². The summed E-state index contributed by atoms with van der Waals surface area (Å²) < 4.78 is 0.402. The van der Waals surface area contributed by atoms with Crippen LogP contribution in [0.3, 0.4) is 0 Å². The van der Waals surface area contributed by atoms with Crippen molar-refractivity contribution in [3.05, 3.63) is 12.3 Å². The summed E-state index contributed by atoms with van der Waals surface area (Å²) in [6.07, 6.45) is 1.21.